The summed E-state index contributed by atoms with van der Waals surface area (Å²) in [5, 5.41) is 12.6. The van der Waals surface area contributed by atoms with Gasteiger partial charge in [0, 0.05) is 6.20 Å². The topological polar surface area (TPSA) is 55.1 Å². The van der Waals surface area contributed by atoms with E-state index >= 15 is 0 Å². The molecular formula is C12H11FN2O2. The second kappa shape index (κ2) is 4.37. The molecule has 0 unspecified atom stereocenters. The number of aromatic nitrogens is 2. The van der Waals surface area contributed by atoms with E-state index in [-0.39, 0.29) is 11.4 Å². The molecule has 2 aromatic rings. The predicted octanol–water partition coefficient (Wildman–Crippen LogP) is 2.27. The van der Waals surface area contributed by atoms with Crippen LogP contribution in [0.5, 0.6) is 0 Å². The molecule has 1 heterocycles. The van der Waals surface area contributed by atoms with Crippen LogP contribution in [0.4, 0.5) is 4.39 Å². The van der Waals surface area contributed by atoms with E-state index in [1.807, 2.05) is 6.92 Å². The van der Waals surface area contributed by atoms with Crippen LogP contribution in [0.15, 0.2) is 30.6 Å². The summed E-state index contributed by atoms with van der Waals surface area (Å²) in [6.45, 7) is 1.87. The Morgan fingerprint density at radius 1 is 1.53 bits per heavy atom. The summed E-state index contributed by atoms with van der Waals surface area (Å²) in [5.74, 6) is -1.36. The first kappa shape index (κ1) is 11.3. The van der Waals surface area contributed by atoms with Crippen molar-refractivity contribution in [1.82, 2.24) is 9.78 Å². The third-order valence-corrected chi connectivity index (χ3v) is 2.51. The van der Waals surface area contributed by atoms with Crippen molar-refractivity contribution in [1.29, 1.82) is 0 Å². The second-order valence-corrected chi connectivity index (χ2v) is 3.61. The standard InChI is InChI=1S/C12H11FN2O2/c1-2-8-3-4-10(5-11(8)13)15-7-9(6-14-15)12(16)17/h3-7H,2H2,1H3,(H,16,17). The molecule has 0 aliphatic rings. The summed E-state index contributed by atoms with van der Waals surface area (Å²) in [7, 11) is 0. The number of nitrogens with zero attached hydrogens (tertiary/aromatic N) is 2. The predicted molar refractivity (Wildman–Crippen MR) is 59.9 cm³/mol. The number of aryl methyl sites for hydroxylation is 1. The zero-order chi connectivity index (χ0) is 12.4. The third-order valence-electron chi connectivity index (χ3n) is 2.51. The molecule has 0 saturated carbocycles. The Hall–Kier alpha value is -2.17. The van der Waals surface area contributed by atoms with Crippen LogP contribution in [0, 0.1) is 5.82 Å². The SMILES string of the molecule is CCc1ccc(-n2cc(C(=O)O)cn2)cc1F. The molecule has 4 nitrogen and oxygen atoms in total. The van der Waals surface area contributed by atoms with Gasteiger partial charge in [-0.3, -0.25) is 0 Å². The van der Waals surface area contributed by atoms with Crippen LogP contribution < -0.4 is 0 Å². The molecule has 5 heteroatoms. The summed E-state index contributed by atoms with van der Waals surface area (Å²) in [6.07, 6.45) is 3.20. The van der Waals surface area contributed by atoms with Crippen molar-refractivity contribution < 1.29 is 14.3 Å². The zero-order valence-electron chi connectivity index (χ0n) is 9.22. The van der Waals surface area contributed by atoms with Gasteiger partial charge < -0.3 is 5.11 Å². The van der Waals surface area contributed by atoms with E-state index in [9.17, 15) is 9.18 Å². The highest BCUT2D eigenvalue weighted by Crippen LogP contribution is 2.14. The lowest BCUT2D eigenvalue weighted by Crippen LogP contribution is -1.98. The molecule has 0 aliphatic carbocycles. The van der Waals surface area contributed by atoms with Crippen molar-refractivity contribution in [2.45, 2.75) is 13.3 Å². The molecule has 0 radical (unpaired) electrons. The molecule has 1 N–H and O–H groups in total. The second-order valence-electron chi connectivity index (χ2n) is 3.61. The number of halogens is 1. The van der Waals surface area contributed by atoms with Crippen molar-refractivity contribution in [3.8, 4) is 5.69 Å². The average Bonchev–Trinajstić information content (AvgIpc) is 2.78. The summed E-state index contributed by atoms with van der Waals surface area (Å²) in [6, 6.07) is 4.73. The molecule has 2 rings (SSSR count). The summed E-state index contributed by atoms with van der Waals surface area (Å²) in [4.78, 5) is 10.7. The Morgan fingerprint density at radius 3 is 2.82 bits per heavy atom. The Morgan fingerprint density at radius 2 is 2.29 bits per heavy atom. The van der Waals surface area contributed by atoms with E-state index in [4.69, 9.17) is 5.11 Å². The van der Waals surface area contributed by atoms with Crippen LogP contribution >= 0.6 is 0 Å². The molecule has 0 aliphatic heterocycles. The van der Waals surface area contributed by atoms with E-state index in [1.54, 1.807) is 12.1 Å². The van der Waals surface area contributed by atoms with Gasteiger partial charge >= 0.3 is 5.97 Å². The molecule has 0 bridgehead atoms. The fourth-order valence-corrected chi connectivity index (χ4v) is 1.54. The molecule has 0 fully saturated rings. The minimum absolute atomic E-state index is 0.0741. The molecular weight excluding hydrogens is 223 g/mol. The van der Waals surface area contributed by atoms with Crippen molar-refractivity contribution in [3.05, 3.63) is 47.5 Å². The highest BCUT2D eigenvalue weighted by molar-refractivity contribution is 5.86. The maximum Gasteiger partial charge on any atom is 0.338 e. The highest BCUT2D eigenvalue weighted by atomic mass is 19.1. The van der Waals surface area contributed by atoms with Crippen LogP contribution in [-0.4, -0.2) is 20.9 Å². The molecule has 0 saturated heterocycles. The van der Waals surface area contributed by atoms with Crippen LogP contribution in [0.25, 0.3) is 5.69 Å². The summed E-state index contributed by atoms with van der Waals surface area (Å²) in [5.41, 5.74) is 1.21. The van der Waals surface area contributed by atoms with E-state index in [1.165, 1.54) is 23.1 Å². The number of benzene rings is 1. The van der Waals surface area contributed by atoms with Crippen LogP contribution in [-0.2, 0) is 6.42 Å². The first-order valence-corrected chi connectivity index (χ1v) is 5.18. The van der Waals surface area contributed by atoms with Gasteiger partial charge in [0.1, 0.15) is 5.82 Å². The number of carboxylic acid groups (broad SMARTS) is 1. The monoisotopic (exact) mass is 234 g/mol. The zero-order valence-corrected chi connectivity index (χ0v) is 9.22. The summed E-state index contributed by atoms with van der Waals surface area (Å²) >= 11 is 0. The highest BCUT2D eigenvalue weighted by Gasteiger charge is 2.08. The van der Waals surface area contributed by atoms with Gasteiger partial charge in [-0.2, -0.15) is 5.10 Å². The minimum Gasteiger partial charge on any atom is -0.478 e. The van der Waals surface area contributed by atoms with Gasteiger partial charge in [-0.15, -0.1) is 0 Å². The molecule has 88 valence electrons. The fraction of sp³-hybridized carbons (Fsp3) is 0.167. The number of carbonyl (C=O) groups is 1. The minimum atomic E-state index is -1.05. The van der Waals surface area contributed by atoms with Gasteiger partial charge in [0.05, 0.1) is 17.4 Å². The molecule has 1 aromatic heterocycles. The lowest BCUT2D eigenvalue weighted by Gasteiger charge is -2.04. The van der Waals surface area contributed by atoms with Crippen molar-refractivity contribution in [2.24, 2.45) is 0 Å². The van der Waals surface area contributed by atoms with Gasteiger partial charge in [-0.05, 0) is 24.1 Å². The van der Waals surface area contributed by atoms with Crippen LogP contribution in [0.3, 0.4) is 0 Å². The Labute approximate surface area is 97.3 Å². The van der Waals surface area contributed by atoms with Crippen LogP contribution in [0.1, 0.15) is 22.8 Å². The van der Waals surface area contributed by atoms with Gasteiger partial charge in [-0.25, -0.2) is 13.9 Å². The molecule has 0 atom stereocenters. The van der Waals surface area contributed by atoms with E-state index in [2.05, 4.69) is 5.10 Å². The van der Waals surface area contributed by atoms with Gasteiger partial charge in [0.2, 0.25) is 0 Å². The Kier molecular flexibility index (Phi) is 2.91. The third kappa shape index (κ3) is 2.18. The lowest BCUT2D eigenvalue weighted by atomic mass is 10.1. The maximum atomic E-state index is 13.5. The first-order chi connectivity index (χ1) is 8.11. The molecule has 0 amide bonds. The normalized spacial score (nSPS) is 10.5. The molecule has 17 heavy (non-hydrogen) atoms. The smallest absolute Gasteiger partial charge is 0.338 e. The Balaban J connectivity index is 2.39. The molecule has 1 aromatic carbocycles. The van der Waals surface area contributed by atoms with Gasteiger partial charge in [0.25, 0.3) is 0 Å². The number of carboxylic acids is 1. The number of hydrogen-bond acceptors (Lipinski definition) is 2. The number of hydrogen-bond donors (Lipinski definition) is 1. The van der Waals surface area contributed by atoms with Crippen molar-refractivity contribution >= 4 is 5.97 Å². The van der Waals surface area contributed by atoms with Crippen molar-refractivity contribution in [2.75, 3.05) is 0 Å². The largest absolute Gasteiger partial charge is 0.478 e. The average molecular weight is 234 g/mol. The van der Waals surface area contributed by atoms with E-state index in [0.717, 1.165) is 0 Å². The molecule has 0 spiro atoms. The Bertz CT molecular complexity index is 563. The maximum absolute atomic E-state index is 13.5. The number of rotatable bonds is 3. The van der Waals surface area contributed by atoms with Gasteiger partial charge in [0.15, 0.2) is 0 Å². The van der Waals surface area contributed by atoms with E-state index < -0.39 is 5.97 Å². The quantitative estimate of drug-likeness (QED) is 0.886. The van der Waals surface area contributed by atoms with Crippen LogP contribution in [0.2, 0.25) is 0 Å². The lowest BCUT2D eigenvalue weighted by molar-refractivity contribution is 0.0697. The summed E-state index contributed by atoms with van der Waals surface area (Å²) < 4.78 is 14.9. The number of aromatic carboxylic acids is 1. The first-order valence-electron chi connectivity index (χ1n) is 5.18. The van der Waals surface area contributed by atoms with Crippen molar-refractivity contribution in [3.63, 3.8) is 0 Å². The fourth-order valence-electron chi connectivity index (χ4n) is 1.54. The van der Waals surface area contributed by atoms with Gasteiger partial charge in [-0.1, -0.05) is 13.0 Å². The van der Waals surface area contributed by atoms with E-state index in [0.29, 0.717) is 17.7 Å².